The van der Waals surface area contributed by atoms with E-state index < -0.39 is 0 Å². The van der Waals surface area contributed by atoms with Crippen LogP contribution >= 0.6 is 0 Å². The molecule has 15 heavy (non-hydrogen) atoms. The molecule has 1 unspecified atom stereocenters. The Balaban J connectivity index is 1.80. The number of hydrogen-bond donors (Lipinski definition) is 1. The summed E-state index contributed by atoms with van der Waals surface area (Å²) in [6.07, 6.45) is 12.4. The summed E-state index contributed by atoms with van der Waals surface area (Å²) in [5.41, 5.74) is 0. The Bertz CT molecular complexity index is 173. The fourth-order valence-electron chi connectivity index (χ4n) is 3.14. The van der Waals surface area contributed by atoms with Crippen molar-refractivity contribution in [2.75, 3.05) is 6.61 Å². The third kappa shape index (κ3) is 3.18. The van der Waals surface area contributed by atoms with Crippen LogP contribution in [0.5, 0.6) is 0 Å². The molecule has 2 fully saturated rings. The van der Waals surface area contributed by atoms with Crippen molar-refractivity contribution < 1.29 is 9.84 Å². The van der Waals surface area contributed by atoms with E-state index in [9.17, 15) is 0 Å². The molecule has 0 bridgehead atoms. The molecule has 0 aromatic heterocycles. The van der Waals surface area contributed by atoms with E-state index in [2.05, 4.69) is 0 Å². The minimum absolute atomic E-state index is 0.280. The van der Waals surface area contributed by atoms with E-state index in [0.717, 1.165) is 18.8 Å². The molecule has 2 atom stereocenters. The fraction of sp³-hybridized carbons (Fsp3) is 1.00. The van der Waals surface area contributed by atoms with Crippen LogP contribution in [-0.4, -0.2) is 23.9 Å². The second kappa shape index (κ2) is 5.86. The molecule has 2 aliphatic rings. The number of hydrogen-bond acceptors (Lipinski definition) is 2. The SMILES string of the molecule is OCCC1CCC[C@H](C2CCCCC2)O1. The molecule has 0 aromatic carbocycles. The maximum atomic E-state index is 8.94. The number of aliphatic hydroxyl groups excluding tert-OH is 1. The van der Waals surface area contributed by atoms with Crippen molar-refractivity contribution >= 4 is 0 Å². The minimum Gasteiger partial charge on any atom is -0.396 e. The normalized spacial score (nSPS) is 34.2. The van der Waals surface area contributed by atoms with E-state index in [4.69, 9.17) is 9.84 Å². The van der Waals surface area contributed by atoms with Crippen molar-refractivity contribution in [3.63, 3.8) is 0 Å². The van der Waals surface area contributed by atoms with Gasteiger partial charge in [0.15, 0.2) is 0 Å². The lowest BCUT2D eigenvalue weighted by atomic mass is 9.82. The minimum atomic E-state index is 0.280. The van der Waals surface area contributed by atoms with Crippen LogP contribution in [0, 0.1) is 5.92 Å². The van der Waals surface area contributed by atoms with Crippen LogP contribution in [0.3, 0.4) is 0 Å². The quantitative estimate of drug-likeness (QED) is 0.779. The van der Waals surface area contributed by atoms with Crippen LogP contribution in [0.2, 0.25) is 0 Å². The van der Waals surface area contributed by atoms with Crippen molar-refractivity contribution in [2.24, 2.45) is 5.92 Å². The van der Waals surface area contributed by atoms with Gasteiger partial charge in [0.1, 0.15) is 0 Å². The van der Waals surface area contributed by atoms with Gasteiger partial charge < -0.3 is 9.84 Å². The largest absolute Gasteiger partial charge is 0.396 e. The van der Waals surface area contributed by atoms with Gasteiger partial charge in [-0.15, -0.1) is 0 Å². The second-order valence-corrected chi connectivity index (χ2v) is 5.14. The van der Waals surface area contributed by atoms with E-state index in [-0.39, 0.29) is 6.61 Å². The molecule has 0 aromatic rings. The Morgan fingerprint density at radius 3 is 2.47 bits per heavy atom. The average molecular weight is 212 g/mol. The first-order chi connectivity index (χ1) is 7.40. The summed E-state index contributed by atoms with van der Waals surface area (Å²) >= 11 is 0. The van der Waals surface area contributed by atoms with Crippen molar-refractivity contribution in [3.05, 3.63) is 0 Å². The van der Waals surface area contributed by atoms with Crippen molar-refractivity contribution in [1.82, 2.24) is 0 Å². The van der Waals surface area contributed by atoms with E-state index in [1.807, 2.05) is 0 Å². The Kier molecular flexibility index (Phi) is 4.45. The molecule has 88 valence electrons. The Labute approximate surface area is 93.0 Å². The lowest BCUT2D eigenvalue weighted by molar-refractivity contribution is -0.0900. The van der Waals surface area contributed by atoms with Gasteiger partial charge in [0, 0.05) is 6.61 Å². The first-order valence-corrected chi connectivity index (χ1v) is 6.66. The second-order valence-electron chi connectivity index (χ2n) is 5.14. The first-order valence-electron chi connectivity index (χ1n) is 6.66. The molecule has 1 aliphatic heterocycles. The maximum absolute atomic E-state index is 8.94. The molecule has 0 amide bonds. The van der Waals surface area contributed by atoms with Gasteiger partial charge >= 0.3 is 0 Å². The van der Waals surface area contributed by atoms with Gasteiger partial charge in [-0.2, -0.15) is 0 Å². The molecule has 0 spiro atoms. The van der Waals surface area contributed by atoms with Gasteiger partial charge in [0.2, 0.25) is 0 Å². The molecule has 1 N–H and O–H groups in total. The van der Waals surface area contributed by atoms with Crippen molar-refractivity contribution in [1.29, 1.82) is 0 Å². The number of rotatable bonds is 3. The zero-order chi connectivity index (χ0) is 10.5. The highest BCUT2D eigenvalue weighted by Gasteiger charge is 2.29. The molecule has 0 radical (unpaired) electrons. The molecule has 1 heterocycles. The summed E-state index contributed by atoms with van der Waals surface area (Å²) in [5, 5.41) is 8.94. The van der Waals surface area contributed by atoms with Crippen LogP contribution in [0.15, 0.2) is 0 Å². The average Bonchev–Trinajstić information content (AvgIpc) is 2.31. The molecule has 2 rings (SSSR count). The Morgan fingerprint density at radius 1 is 0.933 bits per heavy atom. The van der Waals surface area contributed by atoms with Crippen LogP contribution in [0.1, 0.15) is 57.8 Å². The maximum Gasteiger partial charge on any atom is 0.0607 e. The van der Waals surface area contributed by atoms with Crippen LogP contribution in [-0.2, 0) is 4.74 Å². The summed E-state index contributed by atoms with van der Waals surface area (Å²) < 4.78 is 6.11. The Morgan fingerprint density at radius 2 is 1.73 bits per heavy atom. The summed E-state index contributed by atoms with van der Waals surface area (Å²) in [6.45, 7) is 0.280. The highest BCUT2D eigenvalue weighted by molar-refractivity contribution is 4.79. The number of aliphatic hydroxyl groups is 1. The molecule has 2 nitrogen and oxygen atoms in total. The fourth-order valence-corrected chi connectivity index (χ4v) is 3.14. The highest BCUT2D eigenvalue weighted by Crippen LogP contribution is 2.34. The van der Waals surface area contributed by atoms with E-state index in [1.54, 1.807) is 0 Å². The van der Waals surface area contributed by atoms with Crippen LogP contribution in [0.25, 0.3) is 0 Å². The summed E-state index contributed by atoms with van der Waals surface area (Å²) in [4.78, 5) is 0. The molecule has 2 heteroatoms. The zero-order valence-electron chi connectivity index (χ0n) is 9.66. The molecule has 1 aliphatic carbocycles. The molecule has 1 saturated heterocycles. The standard InChI is InChI=1S/C13H24O2/c14-10-9-12-7-4-8-13(15-12)11-5-2-1-3-6-11/h11-14H,1-10H2/t12?,13-/m1/s1. The molecular weight excluding hydrogens is 188 g/mol. The van der Waals surface area contributed by atoms with E-state index in [1.165, 1.54) is 44.9 Å². The van der Waals surface area contributed by atoms with E-state index >= 15 is 0 Å². The van der Waals surface area contributed by atoms with Crippen molar-refractivity contribution in [3.8, 4) is 0 Å². The third-order valence-corrected chi connectivity index (χ3v) is 4.01. The number of ether oxygens (including phenoxy) is 1. The topological polar surface area (TPSA) is 29.5 Å². The van der Waals surface area contributed by atoms with Gasteiger partial charge in [-0.05, 0) is 44.4 Å². The van der Waals surface area contributed by atoms with Gasteiger partial charge in [-0.25, -0.2) is 0 Å². The molecule has 1 saturated carbocycles. The van der Waals surface area contributed by atoms with E-state index in [0.29, 0.717) is 12.2 Å². The molecular formula is C13H24O2. The smallest absolute Gasteiger partial charge is 0.0607 e. The van der Waals surface area contributed by atoms with Crippen molar-refractivity contribution in [2.45, 2.75) is 70.0 Å². The zero-order valence-corrected chi connectivity index (χ0v) is 9.66. The lowest BCUT2D eigenvalue weighted by Gasteiger charge is -2.36. The summed E-state index contributed by atoms with van der Waals surface area (Å²) in [6, 6.07) is 0. The predicted octanol–water partition coefficient (Wildman–Crippen LogP) is 2.89. The lowest BCUT2D eigenvalue weighted by Crippen LogP contribution is -2.34. The van der Waals surface area contributed by atoms with Gasteiger partial charge in [-0.3, -0.25) is 0 Å². The van der Waals surface area contributed by atoms with Crippen LogP contribution in [0.4, 0.5) is 0 Å². The van der Waals surface area contributed by atoms with Crippen LogP contribution < -0.4 is 0 Å². The third-order valence-electron chi connectivity index (χ3n) is 4.01. The predicted molar refractivity (Wildman–Crippen MR) is 60.8 cm³/mol. The summed E-state index contributed by atoms with van der Waals surface area (Å²) in [5.74, 6) is 0.820. The Hall–Kier alpha value is -0.0800. The van der Waals surface area contributed by atoms with Gasteiger partial charge in [0.25, 0.3) is 0 Å². The highest BCUT2D eigenvalue weighted by atomic mass is 16.5. The summed E-state index contributed by atoms with van der Waals surface area (Å²) in [7, 11) is 0. The first kappa shape index (κ1) is 11.4. The monoisotopic (exact) mass is 212 g/mol. The van der Waals surface area contributed by atoms with Gasteiger partial charge in [-0.1, -0.05) is 19.3 Å². The van der Waals surface area contributed by atoms with Gasteiger partial charge in [0.05, 0.1) is 12.2 Å².